The number of ether oxygens (including phenoxy) is 1. The lowest BCUT2D eigenvalue weighted by atomic mass is 10.0. The highest BCUT2D eigenvalue weighted by Crippen LogP contribution is 2.10. The van der Waals surface area contributed by atoms with Crippen molar-refractivity contribution in [2.45, 2.75) is 78.2 Å². The fraction of sp³-hybridized carbons (Fsp3) is 0.824. The number of nitrogens with one attached hydrogen (secondary N) is 1. The zero-order valence-corrected chi connectivity index (χ0v) is 13.7. The van der Waals surface area contributed by atoms with Crippen LogP contribution in [0.15, 0.2) is 12.2 Å². The maximum Gasteiger partial charge on any atom is 0.333 e. The number of carbonyl (C=O) groups is 1. The molecule has 0 heterocycles. The van der Waals surface area contributed by atoms with Crippen molar-refractivity contribution in [3.05, 3.63) is 12.2 Å². The average molecular weight is 283 g/mol. The van der Waals surface area contributed by atoms with E-state index in [2.05, 4.69) is 25.7 Å². The molecule has 0 radical (unpaired) electrons. The molecule has 3 nitrogen and oxygen atoms in total. The number of unbranched alkanes of at least 4 members (excludes halogenated alkanes) is 4. The van der Waals surface area contributed by atoms with Gasteiger partial charge in [0.25, 0.3) is 0 Å². The molecule has 0 spiro atoms. The van der Waals surface area contributed by atoms with Crippen LogP contribution in [-0.2, 0) is 9.53 Å². The van der Waals surface area contributed by atoms with Crippen molar-refractivity contribution in [2.24, 2.45) is 0 Å². The predicted octanol–water partition coefficient (Wildman–Crippen LogP) is 4.22. The highest BCUT2D eigenvalue weighted by molar-refractivity contribution is 5.86. The molecule has 0 fully saturated rings. The molecule has 1 unspecified atom stereocenters. The summed E-state index contributed by atoms with van der Waals surface area (Å²) in [5, 5.41) is 3.50. The van der Waals surface area contributed by atoms with E-state index in [-0.39, 0.29) is 5.97 Å². The molecule has 20 heavy (non-hydrogen) atoms. The monoisotopic (exact) mass is 283 g/mol. The van der Waals surface area contributed by atoms with Crippen molar-refractivity contribution in [1.29, 1.82) is 0 Å². The first-order chi connectivity index (χ1) is 9.61. The Hall–Kier alpha value is -0.830. The van der Waals surface area contributed by atoms with Gasteiger partial charge in [-0.15, -0.1) is 0 Å². The Bertz CT molecular complexity index is 264. The third kappa shape index (κ3) is 11.0. The Morgan fingerprint density at radius 3 is 2.40 bits per heavy atom. The number of hydrogen-bond acceptors (Lipinski definition) is 3. The van der Waals surface area contributed by atoms with Crippen LogP contribution in [0.5, 0.6) is 0 Å². The van der Waals surface area contributed by atoms with Crippen LogP contribution in [0, 0.1) is 0 Å². The highest BCUT2D eigenvalue weighted by atomic mass is 16.5. The van der Waals surface area contributed by atoms with Crippen molar-refractivity contribution in [1.82, 2.24) is 5.32 Å². The number of rotatable bonds is 13. The fourth-order valence-electron chi connectivity index (χ4n) is 2.22. The first-order valence-corrected chi connectivity index (χ1v) is 8.17. The third-order valence-corrected chi connectivity index (χ3v) is 3.41. The minimum atomic E-state index is -0.293. The van der Waals surface area contributed by atoms with Gasteiger partial charge < -0.3 is 10.1 Å². The molecule has 0 saturated heterocycles. The Balaban J connectivity index is 3.68. The average Bonchev–Trinajstić information content (AvgIpc) is 2.42. The first kappa shape index (κ1) is 19.2. The molecule has 0 aliphatic carbocycles. The Morgan fingerprint density at radius 2 is 1.80 bits per heavy atom. The predicted molar refractivity (Wildman–Crippen MR) is 85.8 cm³/mol. The van der Waals surface area contributed by atoms with E-state index in [9.17, 15) is 4.79 Å². The van der Waals surface area contributed by atoms with Gasteiger partial charge in [0.1, 0.15) is 6.61 Å². The van der Waals surface area contributed by atoms with Crippen LogP contribution in [0.4, 0.5) is 0 Å². The summed E-state index contributed by atoms with van der Waals surface area (Å²) < 4.78 is 5.09. The standard InChI is InChI=1S/C17H33NO2/c1-5-7-8-9-10-12-16(11-6-2)18-13-14-20-17(19)15(3)4/h16,18H,3,5-14H2,1-2,4H3. The van der Waals surface area contributed by atoms with E-state index in [4.69, 9.17) is 4.74 Å². The molecule has 0 aliphatic rings. The topological polar surface area (TPSA) is 38.3 Å². The molecule has 0 aliphatic heterocycles. The Labute approximate surface area is 125 Å². The molecular weight excluding hydrogens is 250 g/mol. The van der Waals surface area contributed by atoms with Crippen LogP contribution in [0.2, 0.25) is 0 Å². The minimum absolute atomic E-state index is 0.293. The second-order valence-electron chi connectivity index (χ2n) is 5.56. The van der Waals surface area contributed by atoms with Crippen LogP contribution >= 0.6 is 0 Å². The lowest BCUT2D eigenvalue weighted by Crippen LogP contribution is -2.32. The molecule has 0 bridgehead atoms. The molecule has 0 aromatic carbocycles. The molecule has 0 rings (SSSR count). The third-order valence-electron chi connectivity index (χ3n) is 3.41. The Kier molecular flexibility index (Phi) is 12.6. The van der Waals surface area contributed by atoms with Crippen LogP contribution < -0.4 is 5.32 Å². The second kappa shape index (κ2) is 13.2. The molecule has 1 atom stereocenters. The van der Waals surface area contributed by atoms with Crippen LogP contribution in [0.1, 0.15) is 72.1 Å². The first-order valence-electron chi connectivity index (χ1n) is 8.17. The SMILES string of the molecule is C=C(C)C(=O)OCCNC(CCC)CCCCCCC. The van der Waals surface area contributed by atoms with E-state index in [0.717, 1.165) is 6.54 Å². The molecular formula is C17H33NO2. The van der Waals surface area contributed by atoms with Gasteiger partial charge >= 0.3 is 5.97 Å². The summed E-state index contributed by atoms with van der Waals surface area (Å²) in [6.07, 6.45) is 10.2. The summed E-state index contributed by atoms with van der Waals surface area (Å²) in [4.78, 5) is 11.2. The summed E-state index contributed by atoms with van der Waals surface area (Å²) in [6, 6.07) is 0.560. The summed E-state index contributed by atoms with van der Waals surface area (Å²) in [5.74, 6) is -0.293. The number of carbonyl (C=O) groups excluding carboxylic acids is 1. The zero-order valence-electron chi connectivity index (χ0n) is 13.7. The maximum absolute atomic E-state index is 11.2. The number of esters is 1. The second-order valence-corrected chi connectivity index (χ2v) is 5.56. The van der Waals surface area contributed by atoms with E-state index < -0.39 is 0 Å². The normalized spacial score (nSPS) is 12.2. The quantitative estimate of drug-likeness (QED) is 0.312. The van der Waals surface area contributed by atoms with E-state index in [0.29, 0.717) is 18.2 Å². The van der Waals surface area contributed by atoms with Gasteiger partial charge in [-0.25, -0.2) is 4.79 Å². The lowest BCUT2D eigenvalue weighted by molar-refractivity contribution is -0.138. The summed E-state index contributed by atoms with van der Waals surface area (Å²) >= 11 is 0. The van der Waals surface area contributed by atoms with E-state index in [1.54, 1.807) is 6.92 Å². The van der Waals surface area contributed by atoms with E-state index in [1.807, 2.05) is 0 Å². The van der Waals surface area contributed by atoms with E-state index >= 15 is 0 Å². The van der Waals surface area contributed by atoms with Gasteiger partial charge in [-0.2, -0.15) is 0 Å². The van der Waals surface area contributed by atoms with Crippen molar-refractivity contribution >= 4 is 5.97 Å². The van der Waals surface area contributed by atoms with Gasteiger partial charge in [0.15, 0.2) is 0 Å². The van der Waals surface area contributed by atoms with E-state index in [1.165, 1.54) is 51.4 Å². The van der Waals surface area contributed by atoms with Crippen LogP contribution in [0.3, 0.4) is 0 Å². The number of hydrogen-bond donors (Lipinski definition) is 1. The van der Waals surface area contributed by atoms with Gasteiger partial charge in [0.05, 0.1) is 0 Å². The lowest BCUT2D eigenvalue weighted by Gasteiger charge is -2.18. The molecule has 0 aromatic rings. The molecule has 0 aromatic heterocycles. The largest absolute Gasteiger partial charge is 0.461 e. The van der Waals surface area contributed by atoms with Crippen molar-refractivity contribution < 1.29 is 9.53 Å². The molecule has 118 valence electrons. The Morgan fingerprint density at radius 1 is 1.10 bits per heavy atom. The van der Waals surface area contributed by atoms with Crippen LogP contribution in [-0.4, -0.2) is 25.2 Å². The summed E-state index contributed by atoms with van der Waals surface area (Å²) in [6.45, 7) is 10.9. The van der Waals surface area contributed by atoms with Crippen LogP contribution in [0.25, 0.3) is 0 Å². The summed E-state index contributed by atoms with van der Waals surface area (Å²) in [5.41, 5.74) is 0.464. The minimum Gasteiger partial charge on any atom is -0.461 e. The maximum atomic E-state index is 11.2. The van der Waals surface area contributed by atoms with Gasteiger partial charge in [0.2, 0.25) is 0 Å². The van der Waals surface area contributed by atoms with Gasteiger partial charge in [-0.05, 0) is 19.8 Å². The summed E-state index contributed by atoms with van der Waals surface area (Å²) in [7, 11) is 0. The smallest absolute Gasteiger partial charge is 0.333 e. The van der Waals surface area contributed by atoms with Gasteiger partial charge in [-0.1, -0.05) is 59.0 Å². The molecule has 1 N–H and O–H groups in total. The van der Waals surface area contributed by atoms with Crippen molar-refractivity contribution in [3.8, 4) is 0 Å². The van der Waals surface area contributed by atoms with Gasteiger partial charge in [0, 0.05) is 18.2 Å². The highest BCUT2D eigenvalue weighted by Gasteiger charge is 2.07. The molecule has 0 saturated carbocycles. The van der Waals surface area contributed by atoms with Gasteiger partial charge in [-0.3, -0.25) is 0 Å². The van der Waals surface area contributed by atoms with Crippen molar-refractivity contribution in [3.63, 3.8) is 0 Å². The molecule has 0 amide bonds. The van der Waals surface area contributed by atoms with Crippen molar-refractivity contribution in [2.75, 3.05) is 13.2 Å². The zero-order chi connectivity index (χ0) is 15.2. The fourth-order valence-corrected chi connectivity index (χ4v) is 2.22. The molecule has 3 heteroatoms.